The van der Waals surface area contributed by atoms with Gasteiger partial charge in [0.1, 0.15) is 0 Å². The number of fused-ring (bicyclic) bond motifs is 1. The number of hydrogen-bond acceptors (Lipinski definition) is 2. The van der Waals surface area contributed by atoms with Crippen molar-refractivity contribution in [2.45, 2.75) is 58.2 Å². The fraction of sp³-hybridized carbons (Fsp3) is 0.647. The zero-order valence-corrected chi connectivity index (χ0v) is 12.8. The van der Waals surface area contributed by atoms with Crippen LogP contribution in [0.5, 0.6) is 0 Å². The van der Waals surface area contributed by atoms with Crippen molar-refractivity contribution in [3.8, 4) is 0 Å². The highest BCUT2D eigenvalue weighted by Crippen LogP contribution is 2.33. The largest absolute Gasteiger partial charge is 0.309 e. The third kappa shape index (κ3) is 3.18. The molecule has 1 aliphatic carbocycles. The maximum atomic E-state index is 3.77. The Bertz CT molecular complexity index is 400. The van der Waals surface area contributed by atoms with E-state index in [-0.39, 0.29) is 0 Å². The average molecular weight is 260 g/mol. The van der Waals surface area contributed by atoms with Gasteiger partial charge < -0.3 is 5.32 Å². The van der Waals surface area contributed by atoms with Gasteiger partial charge in [-0.15, -0.1) is 0 Å². The molecule has 0 aliphatic heterocycles. The number of hydrogen-bond donors (Lipinski definition) is 1. The van der Waals surface area contributed by atoms with Crippen molar-refractivity contribution in [1.29, 1.82) is 0 Å². The summed E-state index contributed by atoms with van der Waals surface area (Å²) in [5.74, 6) is 0. The lowest BCUT2D eigenvalue weighted by Gasteiger charge is -2.41. The molecule has 2 rings (SSSR count). The monoisotopic (exact) mass is 260 g/mol. The van der Waals surface area contributed by atoms with Gasteiger partial charge in [0.15, 0.2) is 0 Å². The summed E-state index contributed by atoms with van der Waals surface area (Å²) in [6.45, 7) is 7.92. The molecule has 1 aliphatic rings. The zero-order valence-electron chi connectivity index (χ0n) is 12.8. The van der Waals surface area contributed by atoms with Gasteiger partial charge in [0.25, 0.3) is 0 Å². The SMILES string of the molecule is CCCNC1c2ccccc2CCC1N(C)C(C)C. The molecule has 0 fully saturated rings. The van der Waals surface area contributed by atoms with Crippen LogP contribution in [-0.2, 0) is 6.42 Å². The number of nitrogens with zero attached hydrogens (tertiary/aromatic N) is 1. The van der Waals surface area contributed by atoms with Gasteiger partial charge in [0.05, 0.1) is 0 Å². The summed E-state index contributed by atoms with van der Waals surface area (Å²) >= 11 is 0. The third-order valence-electron chi connectivity index (χ3n) is 4.44. The van der Waals surface area contributed by atoms with E-state index in [1.165, 1.54) is 30.4 Å². The van der Waals surface area contributed by atoms with Crippen molar-refractivity contribution in [2.75, 3.05) is 13.6 Å². The van der Waals surface area contributed by atoms with Crippen LogP contribution in [0.3, 0.4) is 0 Å². The smallest absolute Gasteiger partial charge is 0.0481 e. The first-order chi connectivity index (χ1) is 9.15. The molecule has 0 saturated carbocycles. The molecule has 0 amide bonds. The van der Waals surface area contributed by atoms with Crippen LogP contribution in [0, 0.1) is 0 Å². The Morgan fingerprint density at radius 1 is 1.32 bits per heavy atom. The molecule has 19 heavy (non-hydrogen) atoms. The highest BCUT2D eigenvalue weighted by Gasteiger charge is 2.32. The van der Waals surface area contributed by atoms with Gasteiger partial charge >= 0.3 is 0 Å². The first-order valence-corrected chi connectivity index (χ1v) is 7.68. The predicted octanol–water partition coefficient (Wildman–Crippen LogP) is 3.38. The van der Waals surface area contributed by atoms with Crippen LogP contribution in [0.1, 0.15) is 50.8 Å². The molecule has 0 spiro atoms. The van der Waals surface area contributed by atoms with Gasteiger partial charge in [-0.05, 0) is 57.8 Å². The van der Waals surface area contributed by atoms with Crippen LogP contribution in [0.15, 0.2) is 24.3 Å². The summed E-state index contributed by atoms with van der Waals surface area (Å²) in [5.41, 5.74) is 3.05. The van der Waals surface area contributed by atoms with E-state index in [0.29, 0.717) is 18.1 Å². The quantitative estimate of drug-likeness (QED) is 0.873. The minimum Gasteiger partial charge on any atom is -0.309 e. The van der Waals surface area contributed by atoms with Gasteiger partial charge in [-0.1, -0.05) is 31.2 Å². The molecule has 1 aromatic carbocycles. The highest BCUT2D eigenvalue weighted by molar-refractivity contribution is 5.34. The van der Waals surface area contributed by atoms with E-state index >= 15 is 0 Å². The van der Waals surface area contributed by atoms with Crippen molar-refractivity contribution in [3.05, 3.63) is 35.4 Å². The molecule has 2 nitrogen and oxygen atoms in total. The molecule has 0 radical (unpaired) electrons. The van der Waals surface area contributed by atoms with Crippen LogP contribution in [0.25, 0.3) is 0 Å². The van der Waals surface area contributed by atoms with E-state index in [1.807, 2.05) is 0 Å². The van der Waals surface area contributed by atoms with Crippen LogP contribution < -0.4 is 5.32 Å². The Balaban J connectivity index is 2.25. The number of likely N-dealkylation sites (N-methyl/N-ethyl adjacent to an activating group) is 1. The second-order valence-electron chi connectivity index (χ2n) is 6.00. The van der Waals surface area contributed by atoms with Crippen molar-refractivity contribution in [2.24, 2.45) is 0 Å². The Hall–Kier alpha value is -0.860. The molecule has 1 N–H and O–H groups in total. The predicted molar refractivity (Wildman–Crippen MR) is 82.5 cm³/mol. The van der Waals surface area contributed by atoms with E-state index in [2.05, 4.69) is 62.3 Å². The molecule has 106 valence electrons. The van der Waals surface area contributed by atoms with Gasteiger partial charge in [-0.25, -0.2) is 0 Å². The summed E-state index contributed by atoms with van der Waals surface area (Å²) in [6.07, 6.45) is 3.66. The van der Waals surface area contributed by atoms with Gasteiger partial charge in [-0.3, -0.25) is 4.90 Å². The standard InChI is InChI=1S/C17H28N2/c1-5-12-18-17-15-9-7-6-8-14(15)10-11-16(17)19(4)13(2)3/h6-9,13,16-18H,5,10-12H2,1-4H3. The van der Waals surface area contributed by atoms with Crippen LogP contribution >= 0.6 is 0 Å². The molecular formula is C17H28N2. The topological polar surface area (TPSA) is 15.3 Å². The first kappa shape index (κ1) is 14.5. The molecule has 2 unspecified atom stereocenters. The minimum atomic E-state index is 0.484. The fourth-order valence-electron chi connectivity index (χ4n) is 3.11. The number of nitrogens with one attached hydrogen (secondary N) is 1. The molecule has 0 aromatic heterocycles. The second-order valence-corrected chi connectivity index (χ2v) is 6.00. The Morgan fingerprint density at radius 3 is 2.74 bits per heavy atom. The van der Waals surface area contributed by atoms with E-state index in [1.54, 1.807) is 0 Å². The van der Waals surface area contributed by atoms with Crippen LogP contribution in [0.4, 0.5) is 0 Å². The summed E-state index contributed by atoms with van der Waals surface area (Å²) < 4.78 is 0. The third-order valence-corrected chi connectivity index (χ3v) is 4.44. The Morgan fingerprint density at radius 2 is 2.05 bits per heavy atom. The first-order valence-electron chi connectivity index (χ1n) is 7.68. The van der Waals surface area contributed by atoms with E-state index in [4.69, 9.17) is 0 Å². The second kappa shape index (κ2) is 6.53. The maximum Gasteiger partial charge on any atom is 0.0481 e. The van der Waals surface area contributed by atoms with Gasteiger partial charge in [-0.2, -0.15) is 0 Å². The van der Waals surface area contributed by atoms with Gasteiger partial charge in [0.2, 0.25) is 0 Å². The summed E-state index contributed by atoms with van der Waals surface area (Å²) in [4.78, 5) is 2.53. The summed E-state index contributed by atoms with van der Waals surface area (Å²) in [7, 11) is 2.27. The number of aryl methyl sites for hydroxylation is 1. The number of rotatable bonds is 5. The molecule has 2 atom stereocenters. The minimum absolute atomic E-state index is 0.484. The van der Waals surface area contributed by atoms with E-state index < -0.39 is 0 Å². The maximum absolute atomic E-state index is 3.77. The molecule has 2 heteroatoms. The van der Waals surface area contributed by atoms with Crippen LogP contribution in [0.2, 0.25) is 0 Å². The normalized spacial score (nSPS) is 22.8. The van der Waals surface area contributed by atoms with Crippen molar-refractivity contribution in [3.63, 3.8) is 0 Å². The van der Waals surface area contributed by atoms with Crippen molar-refractivity contribution in [1.82, 2.24) is 10.2 Å². The summed E-state index contributed by atoms with van der Waals surface area (Å²) in [6, 6.07) is 10.6. The van der Waals surface area contributed by atoms with E-state index in [9.17, 15) is 0 Å². The molecule has 1 aromatic rings. The summed E-state index contributed by atoms with van der Waals surface area (Å²) in [5, 5.41) is 3.77. The lowest BCUT2D eigenvalue weighted by Crippen LogP contribution is -2.48. The molecule has 0 heterocycles. The fourth-order valence-corrected chi connectivity index (χ4v) is 3.11. The van der Waals surface area contributed by atoms with E-state index in [0.717, 1.165) is 6.54 Å². The Labute approximate surface area is 118 Å². The van der Waals surface area contributed by atoms with Gasteiger partial charge in [0, 0.05) is 18.1 Å². The lowest BCUT2D eigenvalue weighted by atomic mass is 9.83. The average Bonchev–Trinajstić information content (AvgIpc) is 2.43. The molecule has 0 bridgehead atoms. The Kier molecular flexibility index (Phi) is 5.00. The van der Waals surface area contributed by atoms with Crippen molar-refractivity contribution >= 4 is 0 Å². The zero-order chi connectivity index (χ0) is 13.8. The van der Waals surface area contributed by atoms with Crippen molar-refractivity contribution < 1.29 is 0 Å². The highest BCUT2D eigenvalue weighted by atomic mass is 15.2. The number of benzene rings is 1. The molecule has 0 saturated heterocycles. The lowest BCUT2D eigenvalue weighted by molar-refractivity contribution is 0.139. The van der Waals surface area contributed by atoms with Crippen LogP contribution in [-0.4, -0.2) is 30.6 Å². The molecular weight excluding hydrogens is 232 g/mol.